The van der Waals surface area contributed by atoms with Crippen molar-refractivity contribution < 1.29 is 12.9 Å². The lowest BCUT2D eigenvalue weighted by molar-refractivity contribution is 0.285. The Hall–Kier alpha value is -0.950. The zero-order chi connectivity index (χ0) is 15.0. The van der Waals surface area contributed by atoms with Crippen LogP contribution in [0.5, 0.6) is 0 Å². The van der Waals surface area contributed by atoms with Crippen LogP contribution < -0.4 is 5.73 Å². The molecule has 0 spiro atoms. The highest BCUT2D eigenvalue weighted by atomic mass is 32.2. The molecule has 2 atom stereocenters. The summed E-state index contributed by atoms with van der Waals surface area (Å²) in [5.41, 5.74) is 5.91. The van der Waals surface area contributed by atoms with Crippen molar-refractivity contribution in [3.05, 3.63) is 11.7 Å². The van der Waals surface area contributed by atoms with E-state index in [1.165, 1.54) is 0 Å². The van der Waals surface area contributed by atoms with E-state index in [2.05, 4.69) is 30.9 Å². The minimum atomic E-state index is -2.94. The lowest BCUT2D eigenvalue weighted by Gasteiger charge is -2.22. The fourth-order valence-electron chi connectivity index (χ4n) is 2.59. The summed E-state index contributed by atoms with van der Waals surface area (Å²) >= 11 is 0. The van der Waals surface area contributed by atoms with Crippen molar-refractivity contribution in [2.75, 3.05) is 18.1 Å². The predicted octanol–water partition coefficient (Wildman–Crippen LogP) is 1.45. The Kier molecular flexibility index (Phi) is 4.20. The van der Waals surface area contributed by atoms with Crippen LogP contribution in [0.1, 0.15) is 57.2 Å². The topological polar surface area (TPSA) is 99.1 Å². The van der Waals surface area contributed by atoms with E-state index in [1.807, 2.05) is 0 Å². The van der Waals surface area contributed by atoms with Crippen molar-refractivity contribution in [2.24, 2.45) is 11.1 Å². The van der Waals surface area contributed by atoms with E-state index in [0.29, 0.717) is 24.7 Å². The molecule has 1 fully saturated rings. The van der Waals surface area contributed by atoms with E-state index >= 15 is 0 Å². The van der Waals surface area contributed by atoms with Crippen molar-refractivity contribution in [3.63, 3.8) is 0 Å². The molecule has 0 amide bonds. The number of nitrogens with zero attached hydrogens (tertiary/aromatic N) is 2. The average molecular weight is 301 g/mol. The van der Waals surface area contributed by atoms with Crippen LogP contribution >= 0.6 is 0 Å². The third kappa shape index (κ3) is 3.79. The monoisotopic (exact) mass is 301 g/mol. The zero-order valence-electron chi connectivity index (χ0n) is 12.3. The second-order valence-corrected chi connectivity index (χ2v) is 9.02. The third-order valence-corrected chi connectivity index (χ3v) is 5.32. The maximum absolute atomic E-state index is 11.5. The van der Waals surface area contributed by atoms with Crippen LogP contribution in [0, 0.1) is 5.41 Å². The Morgan fingerprint density at radius 2 is 2.15 bits per heavy atom. The molecule has 114 valence electrons. The van der Waals surface area contributed by atoms with Crippen LogP contribution in [0.4, 0.5) is 0 Å². The Bertz CT molecular complexity index is 560. The third-order valence-electron chi connectivity index (χ3n) is 3.55. The van der Waals surface area contributed by atoms with E-state index in [1.54, 1.807) is 0 Å². The molecule has 1 aromatic rings. The van der Waals surface area contributed by atoms with Gasteiger partial charge in [-0.2, -0.15) is 4.98 Å². The molecule has 1 saturated heterocycles. The Balaban J connectivity index is 2.12. The van der Waals surface area contributed by atoms with Gasteiger partial charge in [0.1, 0.15) is 0 Å². The summed E-state index contributed by atoms with van der Waals surface area (Å²) in [6.45, 7) is 6.85. The molecule has 1 aliphatic rings. The molecule has 2 heterocycles. The van der Waals surface area contributed by atoms with Gasteiger partial charge in [-0.05, 0) is 18.3 Å². The van der Waals surface area contributed by atoms with E-state index in [-0.39, 0.29) is 28.8 Å². The molecule has 2 unspecified atom stereocenters. The quantitative estimate of drug-likeness (QED) is 0.903. The number of rotatable bonds is 4. The van der Waals surface area contributed by atoms with Crippen molar-refractivity contribution >= 4 is 9.84 Å². The summed E-state index contributed by atoms with van der Waals surface area (Å²) in [6.07, 6.45) is 1.43. The minimum absolute atomic E-state index is 0.0225. The molecule has 0 saturated carbocycles. The molecule has 0 bridgehead atoms. The normalized spacial score (nSPS) is 23.9. The fourth-order valence-corrected chi connectivity index (χ4v) is 4.33. The lowest BCUT2D eigenvalue weighted by atomic mass is 9.84. The van der Waals surface area contributed by atoms with Crippen LogP contribution in [-0.4, -0.2) is 36.6 Å². The molecule has 1 aromatic heterocycles. The van der Waals surface area contributed by atoms with Gasteiger partial charge in [0.2, 0.25) is 5.89 Å². The van der Waals surface area contributed by atoms with Crippen LogP contribution in [0.2, 0.25) is 0 Å². The van der Waals surface area contributed by atoms with Gasteiger partial charge < -0.3 is 10.3 Å². The fraction of sp³-hybridized carbons (Fsp3) is 0.846. The summed E-state index contributed by atoms with van der Waals surface area (Å²) in [4.78, 5) is 4.39. The molecule has 0 aliphatic carbocycles. The first-order chi connectivity index (χ1) is 9.20. The summed E-state index contributed by atoms with van der Waals surface area (Å²) in [7, 11) is -2.94. The molecule has 0 aromatic carbocycles. The molecule has 0 radical (unpaired) electrons. The number of hydrogen-bond acceptors (Lipinski definition) is 6. The first-order valence-corrected chi connectivity index (χ1v) is 8.76. The number of sulfone groups is 1. The molecule has 2 rings (SSSR count). The van der Waals surface area contributed by atoms with Gasteiger partial charge in [0.15, 0.2) is 15.7 Å². The van der Waals surface area contributed by atoms with Gasteiger partial charge in [-0.15, -0.1) is 0 Å². The lowest BCUT2D eigenvalue weighted by Crippen LogP contribution is -2.19. The first-order valence-electron chi connectivity index (χ1n) is 6.94. The van der Waals surface area contributed by atoms with Gasteiger partial charge in [-0.25, -0.2) is 8.42 Å². The molecule has 2 N–H and O–H groups in total. The maximum atomic E-state index is 11.5. The summed E-state index contributed by atoms with van der Waals surface area (Å²) in [5, 5.41) is 3.96. The Morgan fingerprint density at radius 1 is 1.45 bits per heavy atom. The summed E-state index contributed by atoms with van der Waals surface area (Å²) in [6, 6.07) is 0. The van der Waals surface area contributed by atoms with E-state index < -0.39 is 9.84 Å². The van der Waals surface area contributed by atoms with E-state index in [9.17, 15) is 8.42 Å². The predicted molar refractivity (Wildman–Crippen MR) is 76.2 cm³/mol. The molecule has 6 nitrogen and oxygen atoms in total. The van der Waals surface area contributed by atoms with Crippen LogP contribution in [-0.2, 0) is 9.84 Å². The molecule has 1 aliphatic heterocycles. The minimum Gasteiger partial charge on any atom is -0.339 e. The Morgan fingerprint density at radius 3 is 2.65 bits per heavy atom. The highest BCUT2D eigenvalue weighted by molar-refractivity contribution is 7.91. The summed E-state index contributed by atoms with van der Waals surface area (Å²) < 4.78 is 28.3. The van der Waals surface area contributed by atoms with Gasteiger partial charge in [0.05, 0.1) is 17.4 Å². The standard InChI is InChI=1S/C13H23N3O3S/c1-13(2,3)6-10(7-14)12-15-11(16-19-12)9-4-5-20(17,18)8-9/h9-10H,4-8,14H2,1-3H3. The second kappa shape index (κ2) is 5.44. The maximum Gasteiger partial charge on any atom is 0.231 e. The largest absolute Gasteiger partial charge is 0.339 e. The zero-order valence-corrected chi connectivity index (χ0v) is 13.1. The van der Waals surface area contributed by atoms with Crippen LogP contribution in [0.3, 0.4) is 0 Å². The van der Waals surface area contributed by atoms with Crippen molar-refractivity contribution in [1.29, 1.82) is 0 Å². The number of hydrogen-bond donors (Lipinski definition) is 1. The van der Waals surface area contributed by atoms with Gasteiger partial charge in [0, 0.05) is 12.5 Å². The van der Waals surface area contributed by atoms with Crippen molar-refractivity contribution in [2.45, 2.75) is 45.4 Å². The van der Waals surface area contributed by atoms with Crippen LogP contribution in [0.25, 0.3) is 0 Å². The van der Waals surface area contributed by atoms with E-state index in [0.717, 1.165) is 6.42 Å². The van der Waals surface area contributed by atoms with Gasteiger partial charge in [0.25, 0.3) is 0 Å². The molecular formula is C13H23N3O3S. The first kappa shape index (κ1) is 15.4. The van der Waals surface area contributed by atoms with Crippen molar-refractivity contribution in [1.82, 2.24) is 10.1 Å². The van der Waals surface area contributed by atoms with Crippen LogP contribution in [0.15, 0.2) is 4.52 Å². The second-order valence-electron chi connectivity index (χ2n) is 6.79. The molecular weight excluding hydrogens is 278 g/mol. The van der Waals surface area contributed by atoms with Gasteiger partial charge in [-0.1, -0.05) is 25.9 Å². The number of aromatic nitrogens is 2. The molecule has 7 heteroatoms. The molecule has 20 heavy (non-hydrogen) atoms. The number of nitrogens with two attached hydrogens (primary N) is 1. The van der Waals surface area contributed by atoms with Crippen molar-refractivity contribution in [3.8, 4) is 0 Å². The van der Waals surface area contributed by atoms with Gasteiger partial charge >= 0.3 is 0 Å². The smallest absolute Gasteiger partial charge is 0.231 e. The highest BCUT2D eigenvalue weighted by Gasteiger charge is 2.33. The van der Waals surface area contributed by atoms with E-state index in [4.69, 9.17) is 10.3 Å². The average Bonchev–Trinajstić information content (AvgIpc) is 2.91. The summed E-state index contributed by atoms with van der Waals surface area (Å²) in [5.74, 6) is 1.26. The van der Waals surface area contributed by atoms with Gasteiger partial charge in [-0.3, -0.25) is 0 Å². The SMILES string of the molecule is CC(C)(C)CC(CN)c1nc(C2CCS(=O)(=O)C2)no1. The Labute approximate surface area is 120 Å². The highest BCUT2D eigenvalue weighted by Crippen LogP contribution is 2.32.